The van der Waals surface area contributed by atoms with Gasteiger partial charge in [0.05, 0.1) is 0 Å². The number of fused-ring (bicyclic) bond motifs is 4. The first-order valence-corrected chi connectivity index (χ1v) is 44.2. The van der Waals surface area contributed by atoms with Gasteiger partial charge in [-0.25, -0.2) is 0 Å². The number of benzene rings is 4. The standard InChI is InChI=1S/2C12H17N.2C11H15N.C8H17N.C7H15N.C6H13N.C6H15N.C5H11N.9C2H6.B/c1-10(2)13-9-5-7-11-6-3-4-8-12(11)13;1-10(2)13-8-7-11-5-3-4-6-12(11)9-13;1-9(2)12-7-10-5-3-4-6-11(10)8-12;1-9(2)12-8-7-10-5-3-4-6-11(10)12;1-8(2)9-6-4-3-5-7-9;1-7(2)8-5-3-4-6-8;1-6(2)7-4-3-5-7;1-6(2,3)7(4)5;1-5(2)6-3-4-6;9*1-2;/h3-4,6,8,10H,5,7,9H2,1-2H3;3-6,10H,7-9H2,1-2H3;2*3-6,9H,7-8H2,1-2H3;8H,3-7H2,1-2H3;7H,3-6H2,1-2H3;6H,3-5H2,1-2H3;1-5H3;5H,3-4H2,1-2H3;9*1-2H3;. The van der Waals surface area contributed by atoms with Gasteiger partial charge in [-0.3, -0.25) is 14.7 Å². The zero-order valence-corrected chi connectivity index (χ0v) is 78.9. The van der Waals surface area contributed by atoms with Crippen LogP contribution < -0.4 is 9.80 Å². The summed E-state index contributed by atoms with van der Waals surface area (Å²) < 4.78 is 0. The molecule has 3 radical (unpaired) electrons. The molecule has 8 aliphatic heterocycles. The Morgan fingerprint density at radius 3 is 0.764 bits per heavy atom. The van der Waals surface area contributed by atoms with Gasteiger partial charge in [-0.05, 0) is 288 Å². The van der Waals surface area contributed by atoms with Gasteiger partial charge in [0.2, 0.25) is 0 Å². The van der Waals surface area contributed by atoms with Crippen molar-refractivity contribution in [2.75, 3.05) is 95.9 Å². The number of hydrogen-bond acceptors (Lipinski definition) is 9. The van der Waals surface area contributed by atoms with E-state index in [0.29, 0.717) is 29.7 Å². The van der Waals surface area contributed by atoms with Crippen molar-refractivity contribution >= 4 is 19.8 Å². The highest BCUT2D eigenvalue weighted by atomic mass is 15.3. The van der Waals surface area contributed by atoms with Crippen molar-refractivity contribution in [3.63, 3.8) is 0 Å². The Hall–Kier alpha value is -3.74. The monoisotopic (exact) mass is 1480 g/mol. The Bertz CT molecular complexity index is 2400. The smallest absolute Gasteiger partial charge is 0.0401 e. The molecule has 4 saturated heterocycles. The molecule has 0 unspecified atom stereocenters. The van der Waals surface area contributed by atoms with E-state index in [4.69, 9.17) is 0 Å². The molecular weight excluding hydrogens is 1290 g/mol. The van der Waals surface area contributed by atoms with Crippen molar-refractivity contribution in [2.45, 2.75) is 394 Å². The molecule has 0 aromatic heterocycles. The lowest BCUT2D eigenvalue weighted by Gasteiger charge is -2.34. The Labute approximate surface area is 670 Å². The molecule has 0 bridgehead atoms. The molecule has 10 heteroatoms. The lowest BCUT2D eigenvalue weighted by atomic mass is 9.99. The summed E-state index contributed by atoms with van der Waals surface area (Å²) in [7, 11) is 4.17. The fourth-order valence-corrected chi connectivity index (χ4v) is 11.8. The zero-order valence-electron chi connectivity index (χ0n) is 78.9. The molecule has 8 aliphatic rings. The van der Waals surface area contributed by atoms with Gasteiger partial charge in [-0.1, -0.05) is 216 Å². The second-order valence-electron chi connectivity index (χ2n) is 29.2. The van der Waals surface area contributed by atoms with Crippen LogP contribution >= 0.6 is 0 Å². The minimum Gasteiger partial charge on any atom is -0.369 e. The summed E-state index contributed by atoms with van der Waals surface area (Å²) in [5.41, 5.74) is 12.3. The summed E-state index contributed by atoms with van der Waals surface area (Å²) in [6.45, 7) is 96.4. The van der Waals surface area contributed by atoms with Crippen LogP contribution in [0.5, 0.6) is 0 Å². The van der Waals surface area contributed by atoms with Crippen LogP contribution in [-0.4, -0.2) is 183 Å². The molecule has 9 nitrogen and oxygen atoms in total. The van der Waals surface area contributed by atoms with Gasteiger partial charge < -0.3 is 29.4 Å². The third kappa shape index (κ3) is 51.7. The van der Waals surface area contributed by atoms with Gasteiger partial charge in [-0.2, -0.15) is 0 Å². The molecule has 4 fully saturated rings. The molecule has 0 atom stereocenters. The van der Waals surface area contributed by atoms with Crippen LogP contribution in [0.25, 0.3) is 0 Å². The first-order chi connectivity index (χ1) is 50.3. The van der Waals surface area contributed by atoms with Crippen LogP contribution in [0.4, 0.5) is 11.4 Å². The van der Waals surface area contributed by atoms with E-state index in [1.54, 1.807) is 5.56 Å². The maximum Gasteiger partial charge on any atom is 0.0401 e. The first kappa shape index (κ1) is 116. The number of para-hydroxylation sites is 2. The molecule has 4 aromatic rings. The predicted octanol–water partition coefficient (Wildman–Crippen LogP) is 25.6. The maximum absolute atomic E-state index is 2.56. The number of piperidine rings is 1. The van der Waals surface area contributed by atoms with Crippen molar-refractivity contribution < 1.29 is 0 Å². The maximum atomic E-state index is 2.56. The van der Waals surface area contributed by atoms with E-state index in [2.05, 4.69) is 287 Å². The van der Waals surface area contributed by atoms with Crippen molar-refractivity contribution in [3.05, 3.63) is 130 Å². The molecule has 0 aliphatic carbocycles. The van der Waals surface area contributed by atoms with Gasteiger partial charge in [0, 0.05) is 126 Å². The van der Waals surface area contributed by atoms with Gasteiger partial charge in [0.25, 0.3) is 0 Å². The molecule has 106 heavy (non-hydrogen) atoms. The summed E-state index contributed by atoms with van der Waals surface area (Å²) in [5, 5.41) is 0. The van der Waals surface area contributed by atoms with Crippen molar-refractivity contribution in [1.82, 2.24) is 34.3 Å². The van der Waals surface area contributed by atoms with Gasteiger partial charge in [-0.15, -0.1) is 0 Å². The largest absolute Gasteiger partial charge is 0.369 e. The lowest BCUT2D eigenvalue weighted by molar-refractivity contribution is 0.138. The number of likely N-dealkylation sites (tertiary alicyclic amines) is 3. The Morgan fingerprint density at radius 2 is 0.491 bits per heavy atom. The van der Waals surface area contributed by atoms with Crippen molar-refractivity contribution in [2.24, 2.45) is 0 Å². The molecule has 0 saturated carbocycles. The van der Waals surface area contributed by atoms with Gasteiger partial charge >= 0.3 is 0 Å². The second-order valence-corrected chi connectivity index (χ2v) is 29.2. The highest BCUT2D eigenvalue weighted by molar-refractivity contribution is 5.75. The van der Waals surface area contributed by atoms with Crippen LogP contribution in [0, 0.1) is 0 Å². The van der Waals surface area contributed by atoms with Crippen LogP contribution in [0.2, 0.25) is 0 Å². The third-order valence-electron chi connectivity index (χ3n) is 19.0. The molecule has 0 spiro atoms. The average molecular weight is 1480 g/mol. The quantitative estimate of drug-likeness (QED) is 0.126. The normalized spacial score (nSPS) is 15.6. The van der Waals surface area contributed by atoms with Crippen LogP contribution in [0.3, 0.4) is 0 Å². The summed E-state index contributed by atoms with van der Waals surface area (Å²) in [4.78, 5) is 22.2. The Kier molecular flexibility index (Phi) is 80.7. The van der Waals surface area contributed by atoms with Gasteiger partial charge in [0.15, 0.2) is 0 Å². The topological polar surface area (TPSA) is 28.9 Å². The molecule has 621 valence electrons. The van der Waals surface area contributed by atoms with E-state index in [1.165, 1.54) is 175 Å². The summed E-state index contributed by atoms with van der Waals surface area (Å²) in [6.07, 6.45) is 13.5. The predicted molar refractivity (Wildman–Crippen MR) is 492 cm³/mol. The summed E-state index contributed by atoms with van der Waals surface area (Å²) >= 11 is 0. The lowest BCUT2D eigenvalue weighted by Crippen LogP contribution is -2.41. The highest BCUT2D eigenvalue weighted by Crippen LogP contribution is 2.30. The van der Waals surface area contributed by atoms with E-state index in [-0.39, 0.29) is 8.41 Å². The molecule has 0 N–H and O–H groups in total. The second kappa shape index (κ2) is 74.0. The van der Waals surface area contributed by atoms with Crippen LogP contribution in [-0.2, 0) is 38.9 Å². The van der Waals surface area contributed by atoms with Crippen molar-refractivity contribution in [1.29, 1.82) is 0 Å². The van der Waals surface area contributed by atoms with Crippen molar-refractivity contribution in [3.8, 4) is 0 Å². The molecule has 4 aromatic carbocycles. The molecule has 12 rings (SSSR count). The van der Waals surface area contributed by atoms with E-state index >= 15 is 0 Å². The zero-order chi connectivity index (χ0) is 82.2. The summed E-state index contributed by atoms with van der Waals surface area (Å²) in [5.74, 6) is 0. The van der Waals surface area contributed by atoms with E-state index in [1.807, 2.05) is 125 Å². The van der Waals surface area contributed by atoms with Crippen LogP contribution in [0.15, 0.2) is 97.1 Å². The van der Waals surface area contributed by atoms with E-state index in [9.17, 15) is 0 Å². The van der Waals surface area contributed by atoms with Crippen LogP contribution in [0.1, 0.15) is 335 Å². The third-order valence-corrected chi connectivity index (χ3v) is 19.0. The van der Waals surface area contributed by atoms with E-state index in [0.717, 1.165) is 43.8 Å². The Morgan fingerprint density at radius 1 is 0.245 bits per heavy atom. The minimum atomic E-state index is 0. The first-order valence-electron chi connectivity index (χ1n) is 44.2. The van der Waals surface area contributed by atoms with Gasteiger partial charge in [0.1, 0.15) is 0 Å². The highest BCUT2D eigenvalue weighted by Gasteiger charge is 2.23. The average Bonchev–Trinajstić information content (AvgIpc) is 1.08. The SMILES string of the molecule is CC.CC.CC.CC.CC.CC.CC.CC.CC.CC(C)N1CC1.CC(C)N1CCC1.CC(C)N1CCCC1.CC(C)N1CCCCC1.CC(C)N1CCCc2ccccc21.CC(C)N1CCc2ccccc21.CC(C)N1CCc2ccccc2C1.CC(C)N1Cc2ccccc2C1.CN(C)C(C)(C)C.[B]. The molecule has 8 heterocycles. The number of anilines is 2. The number of hydrogen-bond donors (Lipinski definition) is 0. The Balaban J connectivity index is -0.000000204. The fraction of sp³-hybridized carbons (Fsp3) is 0.750. The summed E-state index contributed by atoms with van der Waals surface area (Å²) in [6, 6.07) is 40.7. The number of nitrogens with zero attached hydrogens (tertiary/aromatic N) is 9. The number of rotatable bonds is 8. The van der Waals surface area contributed by atoms with E-state index < -0.39 is 0 Å². The molecule has 0 amide bonds. The minimum absolute atomic E-state index is 0. The molecular formula is C96H189BN9. The number of aryl methyl sites for hydroxylation is 1. The fourth-order valence-electron chi connectivity index (χ4n) is 11.8.